The summed E-state index contributed by atoms with van der Waals surface area (Å²) < 4.78 is 10.6. The minimum absolute atomic E-state index is 0.627. The molecule has 1 aliphatic carbocycles. The SMILES string of the molecule is COc1ccc(C2(C(=O)O)CCC2)c2ccoc12. The summed E-state index contributed by atoms with van der Waals surface area (Å²) in [5.74, 6) is -0.111. The molecule has 1 N–H and O–H groups in total. The van der Waals surface area contributed by atoms with Crippen LogP contribution in [0.4, 0.5) is 0 Å². The topological polar surface area (TPSA) is 59.7 Å². The molecule has 0 atom stereocenters. The summed E-state index contributed by atoms with van der Waals surface area (Å²) in [6.45, 7) is 0. The normalized spacial score (nSPS) is 17.4. The van der Waals surface area contributed by atoms with Crippen LogP contribution in [0.1, 0.15) is 24.8 Å². The summed E-state index contributed by atoms with van der Waals surface area (Å²) in [6, 6.07) is 5.45. The lowest BCUT2D eigenvalue weighted by molar-refractivity contribution is -0.147. The Balaban J connectivity index is 2.24. The van der Waals surface area contributed by atoms with Crippen molar-refractivity contribution in [2.75, 3.05) is 7.11 Å². The summed E-state index contributed by atoms with van der Waals surface area (Å²) in [6.07, 6.45) is 3.91. The lowest BCUT2D eigenvalue weighted by atomic mass is 9.64. The first-order valence-electron chi connectivity index (χ1n) is 5.97. The summed E-state index contributed by atoms with van der Waals surface area (Å²) >= 11 is 0. The minimum atomic E-state index is -0.749. The Kier molecular flexibility index (Phi) is 2.33. The van der Waals surface area contributed by atoms with E-state index in [0.717, 1.165) is 17.4 Å². The van der Waals surface area contributed by atoms with E-state index in [0.29, 0.717) is 24.2 Å². The molecule has 4 nitrogen and oxygen atoms in total. The van der Waals surface area contributed by atoms with Crippen molar-refractivity contribution in [2.24, 2.45) is 0 Å². The van der Waals surface area contributed by atoms with Gasteiger partial charge in [0.25, 0.3) is 0 Å². The van der Waals surface area contributed by atoms with Gasteiger partial charge in [0, 0.05) is 5.39 Å². The van der Waals surface area contributed by atoms with Gasteiger partial charge in [0.05, 0.1) is 18.8 Å². The Labute approximate surface area is 104 Å². The van der Waals surface area contributed by atoms with E-state index in [1.54, 1.807) is 19.4 Å². The maximum absolute atomic E-state index is 11.6. The molecule has 0 spiro atoms. The van der Waals surface area contributed by atoms with Gasteiger partial charge in [0.2, 0.25) is 0 Å². The van der Waals surface area contributed by atoms with Gasteiger partial charge in [-0.25, -0.2) is 0 Å². The average Bonchev–Trinajstić information content (AvgIpc) is 2.76. The van der Waals surface area contributed by atoms with Gasteiger partial charge in [-0.05, 0) is 30.5 Å². The third kappa shape index (κ3) is 1.29. The molecule has 1 aromatic heterocycles. The molecule has 0 amide bonds. The number of methoxy groups -OCH3 is 1. The highest BCUT2D eigenvalue weighted by molar-refractivity contribution is 5.94. The molecule has 0 aliphatic heterocycles. The average molecular weight is 246 g/mol. The second-order valence-corrected chi connectivity index (χ2v) is 4.72. The van der Waals surface area contributed by atoms with Gasteiger partial charge in [-0.2, -0.15) is 0 Å². The third-order valence-electron chi connectivity index (χ3n) is 3.93. The van der Waals surface area contributed by atoms with Crippen molar-refractivity contribution in [2.45, 2.75) is 24.7 Å². The number of rotatable bonds is 3. The quantitative estimate of drug-likeness (QED) is 0.904. The van der Waals surface area contributed by atoms with Gasteiger partial charge in [-0.1, -0.05) is 12.5 Å². The zero-order valence-electron chi connectivity index (χ0n) is 10.1. The monoisotopic (exact) mass is 246 g/mol. The molecular formula is C14H14O4. The first kappa shape index (κ1) is 11.1. The lowest BCUT2D eigenvalue weighted by Gasteiger charge is -2.38. The number of benzene rings is 1. The van der Waals surface area contributed by atoms with Crippen molar-refractivity contribution in [3.63, 3.8) is 0 Å². The number of hydrogen-bond acceptors (Lipinski definition) is 3. The highest BCUT2D eigenvalue weighted by Gasteiger charge is 2.47. The summed E-state index contributed by atoms with van der Waals surface area (Å²) in [5, 5.41) is 10.3. The smallest absolute Gasteiger partial charge is 0.314 e. The highest BCUT2D eigenvalue weighted by Crippen LogP contribution is 2.47. The molecule has 0 unspecified atom stereocenters. The van der Waals surface area contributed by atoms with Crippen molar-refractivity contribution in [3.05, 3.63) is 30.0 Å². The number of hydrogen-bond donors (Lipinski definition) is 1. The van der Waals surface area contributed by atoms with E-state index in [1.807, 2.05) is 12.1 Å². The van der Waals surface area contributed by atoms with Crippen LogP contribution in [-0.2, 0) is 10.2 Å². The summed E-state index contributed by atoms with van der Waals surface area (Å²) in [4.78, 5) is 11.6. The molecule has 0 radical (unpaired) electrons. The van der Waals surface area contributed by atoms with Crippen LogP contribution in [0, 0.1) is 0 Å². The maximum atomic E-state index is 11.6. The molecule has 4 heteroatoms. The van der Waals surface area contributed by atoms with Crippen molar-refractivity contribution in [3.8, 4) is 5.75 Å². The first-order chi connectivity index (χ1) is 8.69. The summed E-state index contributed by atoms with van der Waals surface area (Å²) in [7, 11) is 1.58. The van der Waals surface area contributed by atoms with Crippen molar-refractivity contribution in [1.82, 2.24) is 0 Å². The van der Waals surface area contributed by atoms with Crippen LogP contribution in [0.5, 0.6) is 5.75 Å². The van der Waals surface area contributed by atoms with Crippen molar-refractivity contribution in [1.29, 1.82) is 0 Å². The highest BCUT2D eigenvalue weighted by atomic mass is 16.5. The zero-order valence-corrected chi connectivity index (χ0v) is 10.1. The van der Waals surface area contributed by atoms with E-state index in [-0.39, 0.29) is 0 Å². The van der Waals surface area contributed by atoms with E-state index in [1.165, 1.54) is 0 Å². The Morgan fingerprint density at radius 1 is 1.39 bits per heavy atom. The number of carboxylic acid groups (broad SMARTS) is 1. The van der Waals surface area contributed by atoms with Crippen LogP contribution in [0.2, 0.25) is 0 Å². The number of furan rings is 1. The van der Waals surface area contributed by atoms with Crippen LogP contribution in [0.3, 0.4) is 0 Å². The Morgan fingerprint density at radius 2 is 2.17 bits per heavy atom. The van der Waals surface area contributed by atoms with Gasteiger partial charge < -0.3 is 14.3 Å². The number of carbonyl (C=O) groups is 1. The minimum Gasteiger partial charge on any atom is -0.493 e. The van der Waals surface area contributed by atoms with Gasteiger partial charge in [-0.3, -0.25) is 4.79 Å². The van der Waals surface area contributed by atoms with E-state index in [2.05, 4.69) is 0 Å². The first-order valence-corrected chi connectivity index (χ1v) is 5.97. The molecule has 3 rings (SSSR count). The molecule has 18 heavy (non-hydrogen) atoms. The largest absolute Gasteiger partial charge is 0.493 e. The molecule has 1 aromatic carbocycles. The lowest BCUT2D eigenvalue weighted by Crippen LogP contribution is -2.42. The number of fused-ring (bicyclic) bond motifs is 1. The van der Waals surface area contributed by atoms with Gasteiger partial charge in [0.15, 0.2) is 11.3 Å². The number of ether oxygens (including phenoxy) is 1. The second kappa shape index (κ2) is 3.77. The van der Waals surface area contributed by atoms with Crippen LogP contribution in [0.15, 0.2) is 28.9 Å². The van der Waals surface area contributed by atoms with E-state index in [9.17, 15) is 9.90 Å². The fourth-order valence-electron chi connectivity index (χ4n) is 2.74. The Bertz CT molecular complexity index is 607. The summed E-state index contributed by atoms with van der Waals surface area (Å²) in [5.41, 5.74) is 0.724. The van der Waals surface area contributed by atoms with E-state index in [4.69, 9.17) is 9.15 Å². The van der Waals surface area contributed by atoms with Crippen molar-refractivity contribution < 1.29 is 19.1 Å². The van der Waals surface area contributed by atoms with E-state index < -0.39 is 11.4 Å². The molecule has 0 bridgehead atoms. The second-order valence-electron chi connectivity index (χ2n) is 4.72. The maximum Gasteiger partial charge on any atom is 0.314 e. The van der Waals surface area contributed by atoms with Gasteiger partial charge in [0.1, 0.15) is 0 Å². The van der Waals surface area contributed by atoms with Crippen molar-refractivity contribution >= 4 is 16.9 Å². The number of aliphatic carboxylic acids is 1. The molecule has 0 saturated heterocycles. The predicted molar refractivity (Wildman–Crippen MR) is 65.9 cm³/mol. The molecule has 2 aromatic rings. The van der Waals surface area contributed by atoms with E-state index >= 15 is 0 Å². The molecule has 1 heterocycles. The molecule has 1 saturated carbocycles. The van der Waals surface area contributed by atoms with Crippen LogP contribution >= 0.6 is 0 Å². The molecular weight excluding hydrogens is 232 g/mol. The van der Waals surface area contributed by atoms with Crippen LogP contribution < -0.4 is 4.74 Å². The standard InChI is InChI=1S/C14H14O4/c1-17-11-4-3-10(9-5-8-18-12(9)11)14(13(15)16)6-2-7-14/h3-5,8H,2,6-7H2,1H3,(H,15,16). The fraction of sp³-hybridized carbons (Fsp3) is 0.357. The third-order valence-corrected chi connectivity index (χ3v) is 3.93. The van der Waals surface area contributed by atoms with Gasteiger partial charge in [-0.15, -0.1) is 0 Å². The molecule has 1 fully saturated rings. The molecule has 1 aliphatic rings. The van der Waals surface area contributed by atoms with Crippen LogP contribution in [0.25, 0.3) is 11.0 Å². The fourth-order valence-corrected chi connectivity index (χ4v) is 2.74. The predicted octanol–water partition coefficient (Wildman–Crippen LogP) is 2.95. The zero-order chi connectivity index (χ0) is 12.8. The number of carboxylic acids is 1. The van der Waals surface area contributed by atoms with Crippen LogP contribution in [-0.4, -0.2) is 18.2 Å². The molecule has 94 valence electrons. The Morgan fingerprint density at radius 3 is 2.72 bits per heavy atom. The van der Waals surface area contributed by atoms with Gasteiger partial charge >= 0.3 is 5.97 Å². The Hall–Kier alpha value is -1.97.